The number of nitrogens with zero attached hydrogens (tertiary/aromatic N) is 3. The summed E-state index contributed by atoms with van der Waals surface area (Å²) in [5.41, 5.74) is 9.09. The van der Waals surface area contributed by atoms with Crippen molar-refractivity contribution in [2.45, 2.75) is 33.7 Å². The van der Waals surface area contributed by atoms with Crippen LogP contribution in [-0.2, 0) is 17.8 Å². The Bertz CT molecular complexity index is 1110. The van der Waals surface area contributed by atoms with Gasteiger partial charge in [0.2, 0.25) is 0 Å². The third-order valence-corrected chi connectivity index (χ3v) is 6.30. The SMILES string of the molecule is Cc1ccc(-c2c(CC(=O)O)c(C)c3c4c2cc(C)n4CCN3CCN(C)C)cc1. The zero-order chi connectivity index (χ0) is 21.6. The van der Waals surface area contributed by atoms with Crippen molar-refractivity contribution >= 4 is 22.6 Å². The number of carboxylic acid groups (broad SMARTS) is 1. The first kappa shape index (κ1) is 20.5. The second-order valence-corrected chi connectivity index (χ2v) is 8.75. The average molecular weight is 406 g/mol. The smallest absolute Gasteiger partial charge is 0.307 e. The first-order chi connectivity index (χ1) is 14.3. The van der Waals surface area contributed by atoms with Crippen molar-refractivity contribution in [2.24, 2.45) is 0 Å². The van der Waals surface area contributed by atoms with E-state index in [1.54, 1.807) is 0 Å². The number of aliphatic carboxylic acids is 1. The van der Waals surface area contributed by atoms with Crippen LogP contribution in [0.25, 0.3) is 22.0 Å². The van der Waals surface area contributed by atoms with E-state index in [1.165, 1.54) is 27.8 Å². The van der Waals surface area contributed by atoms with Crippen LogP contribution in [-0.4, -0.2) is 54.3 Å². The zero-order valence-electron chi connectivity index (χ0n) is 18.6. The molecule has 1 aliphatic heterocycles. The fraction of sp³-hybridized carbons (Fsp3) is 0.400. The average Bonchev–Trinajstić information content (AvgIpc) is 3.02. The molecule has 158 valence electrons. The van der Waals surface area contributed by atoms with Crippen molar-refractivity contribution in [3.8, 4) is 11.1 Å². The van der Waals surface area contributed by atoms with Crippen LogP contribution in [0.2, 0.25) is 0 Å². The van der Waals surface area contributed by atoms with Crippen LogP contribution in [0, 0.1) is 20.8 Å². The van der Waals surface area contributed by atoms with Crippen molar-refractivity contribution < 1.29 is 9.90 Å². The molecule has 1 aliphatic rings. The fourth-order valence-electron chi connectivity index (χ4n) is 4.77. The maximum Gasteiger partial charge on any atom is 0.307 e. The Morgan fingerprint density at radius 2 is 1.80 bits per heavy atom. The molecule has 3 aromatic rings. The molecule has 0 atom stereocenters. The van der Waals surface area contributed by atoms with E-state index in [9.17, 15) is 9.90 Å². The van der Waals surface area contributed by atoms with Crippen LogP contribution in [0.1, 0.15) is 22.4 Å². The van der Waals surface area contributed by atoms with Gasteiger partial charge >= 0.3 is 5.97 Å². The molecule has 2 aromatic carbocycles. The Labute approximate surface area is 178 Å². The molecule has 0 unspecified atom stereocenters. The second kappa shape index (κ2) is 7.80. The van der Waals surface area contributed by atoms with Gasteiger partial charge in [-0.1, -0.05) is 29.8 Å². The van der Waals surface area contributed by atoms with Crippen molar-refractivity contribution in [1.82, 2.24) is 9.47 Å². The van der Waals surface area contributed by atoms with Crippen molar-refractivity contribution in [3.05, 3.63) is 52.7 Å². The highest BCUT2D eigenvalue weighted by Crippen LogP contribution is 2.44. The highest BCUT2D eigenvalue weighted by atomic mass is 16.4. The summed E-state index contributed by atoms with van der Waals surface area (Å²) in [4.78, 5) is 16.5. The minimum Gasteiger partial charge on any atom is -0.481 e. The molecular formula is C25H31N3O2. The Hall–Kier alpha value is -2.79. The van der Waals surface area contributed by atoms with Gasteiger partial charge in [0, 0.05) is 37.3 Å². The van der Waals surface area contributed by atoms with Crippen LogP contribution in [0.5, 0.6) is 0 Å². The van der Waals surface area contributed by atoms with Crippen molar-refractivity contribution in [1.29, 1.82) is 0 Å². The highest BCUT2D eigenvalue weighted by Gasteiger charge is 2.28. The van der Waals surface area contributed by atoms with E-state index in [2.05, 4.69) is 79.6 Å². The summed E-state index contributed by atoms with van der Waals surface area (Å²) in [6.07, 6.45) is 0.0315. The molecule has 0 saturated heterocycles. The van der Waals surface area contributed by atoms with E-state index in [0.29, 0.717) is 0 Å². The minimum atomic E-state index is -0.787. The van der Waals surface area contributed by atoms with Crippen LogP contribution >= 0.6 is 0 Å². The maximum absolute atomic E-state index is 11.9. The quantitative estimate of drug-likeness (QED) is 0.666. The van der Waals surface area contributed by atoms with Crippen LogP contribution in [0.4, 0.5) is 5.69 Å². The number of hydrogen-bond acceptors (Lipinski definition) is 3. The lowest BCUT2D eigenvalue weighted by molar-refractivity contribution is -0.136. The summed E-state index contributed by atoms with van der Waals surface area (Å²) in [5.74, 6) is -0.787. The Balaban J connectivity index is 2.03. The van der Waals surface area contributed by atoms with Crippen molar-refractivity contribution in [3.63, 3.8) is 0 Å². The molecule has 2 heterocycles. The number of likely N-dealkylation sites (N-methyl/N-ethyl adjacent to an activating group) is 1. The van der Waals surface area contributed by atoms with Gasteiger partial charge in [-0.05, 0) is 63.2 Å². The monoisotopic (exact) mass is 405 g/mol. The number of aromatic nitrogens is 1. The molecule has 0 spiro atoms. The summed E-state index contributed by atoms with van der Waals surface area (Å²) < 4.78 is 2.41. The third-order valence-electron chi connectivity index (χ3n) is 6.30. The molecule has 0 fully saturated rings. The van der Waals surface area contributed by atoms with Crippen molar-refractivity contribution in [2.75, 3.05) is 38.6 Å². The molecule has 0 radical (unpaired) electrons. The van der Waals surface area contributed by atoms with Gasteiger partial charge in [0.05, 0.1) is 17.6 Å². The number of aryl methyl sites for hydroxylation is 2. The Kier molecular flexibility index (Phi) is 5.33. The lowest BCUT2D eigenvalue weighted by atomic mass is 9.88. The molecule has 0 saturated carbocycles. The first-order valence-corrected chi connectivity index (χ1v) is 10.6. The molecule has 1 N–H and O–H groups in total. The number of carbonyl (C=O) groups is 1. The lowest BCUT2D eigenvalue weighted by Gasteiger charge is -2.35. The van der Waals surface area contributed by atoms with E-state index in [1.807, 2.05) is 0 Å². The maximum atomic E-state index is 11.9. The number of anilines is 1. The van der Waals surface area contributed by atoms with E-state index in [4.69, 9.17) is 0 Å². The third kappa shape index (κ3) is 3.47. The first-order valence-electron chi connectivity index (χ1n) is 10.6. The summed E-state index contributed by atoms with van der Waals surface area (Å²) in [6, 6.07) is 10.7. The topological polar surface area (TPSA) is 48.7 Å². The van der Waals surface area contributed by atoms with Gasteiger partial charge in [-0.15, -0.1) is 0 Å². The van der Waals surface area contributed by atoms with Gasteiger partial charge < -0.3 is 19.5 Å². The van der Waals surface area contributed by atoms with Gasteiger partial charge in [0.1, 0.15) is 0 Å². The predicted octanol–water partition coefficient (Wildman–Crippen LogP) is 4.24. The summed E-state index contributed by atoms with van der Waals surface area (Å²) in [6.45, 7) is 10.1. The van der Waals surface area contributed by atoms with Crippen LogP contribution in [0.15, 0.2) is 30.3 Å². The lowest BCUT2D eigenvalue weighted by Crippen LogP contribution is -2.37. The van der Waals surface area contributed by atoms with E-state index < -0.39 is 5.97 Å². The van der Waals surface area contributed by atoms with E-state index in [0.717, 1.165) is 48.4 Å². The van der Waals surface area contributed by atoms with Gasteiger partial charge in [-0.25, -0.2) is 0 Å². The van der Waals surface area contributed by atoms with Gasteiger partial charge in [-0.3, -0.25) is 4.79 Å². The normalized spacial score (nSPS) is 13.5. The number of carboxylic acids is 1. The van der Waals surface area contributed by atoms with E-state index in [-0.39, 0.29) is 6.42 Å². The fourth-order valence-corrected chi connectivity index (χ4v) is 4.77. The standard InChI is InChI=1S/C25H31N3O2/c1-16-6-8-19(9-7-16)23-20(15-22(29)30)18(3)24-25-21(23)14-17(2)28(25)13-12-27(24)11-10-26(4)5/h6-9,14H,10-13,15H2,1-5H3,(H,29,30). The Morgan fingerprint density at radius 3 is 2.43 bits per heavy atom. The minimum absolute atomic E-state index is 0.0315. The molecule has 4 rings (SSSR count). The largest absolute Gasteiger partial charge is 0.481 e. The molecule has 5 nitrogen and oxygen atoms in total. The molecular weight excluding hydrogens is 374 g/mol. The summed E-state index contributed by atoms with van der Waals surface area (Å²) in [7, 11) is 4.19. The highest BCUT2D eigenvalue weighted by molar-refractivity contribution is 6.07. The molecule has 1 aromatic heterocycles. The Morgan fingerprint density at radius 1 is 1.10 bits per heavy atom. The summed E-state index contributed by atoms with van der Waals surface area (Å²) in [5, 5.41) is 10.9. The van der Waals surface area contributed by atoms with Gasteiger partial charge in [0.15, 0.2) is 0 Å². The van der Waals surface area contributed by atoms with Crippen LogP contribution < -0.4 is 4.90 Å². The van der Waals surface area contributed by atoms with Gasteiger partial charge in [-0.2, -0.15) is 0 Å². The molecule has 5 heteroatoms. The molecule has 30 heavy (non-hydrogen) atoms. The number of benzene rings is 2. The predicted molar refractivity (Wildman–Crippen MR) is 124 cm³/mol. The molecule has 0 bridgehead atoms. The second-order valence-electron chi connectivity index (χ2n) is 8.75. The van der Waals surface area contributed by atoms with E-state index >= 15 is 0 Å². The number of hydrogen-bond donors (Lipinski definition) is 1. The summed E-state index contributed by atoms with van der Waals surface area (Å²) >= 11 is 0. The molecule has 0 aliphatic carbocycles. The number of rotatable bonds is 6. The van der Waals surface area contributed by atoms with Crippen LogP contribution in [0.3, 0.4) is 0 Å². The van der Waals surface area contributed by atoms with Gasteiger partial charge in [0.25, 0.3) is 0 Å². The molecule has 0 amide bonds. The zero-order valence-corrected chi connectivity index (χ0v) is 18.6.